The molecule has 0 amide bonds. The van der Waals surface area contributed by atoms with Crippen LogP contribution in [-0.2, 0) is 0 Å². The van der Waals surface area contributed by atoms with Crippen molar-refractivity contribution in [3.8, 4) is 0 Å². The van der Waals surface area contributed by atoms with Gasteiger partial charge in [0.2, 0.25) is 0 Å². The largest absolute Gasteiger partial charge is 0.244 e. The fourth-order valence-electron chi connectivity index (χ4n) is 0.902. The van der Waals surface area contributed by atoms with Gasteiger partial charge in [-0.15, -0.1) is 0 Å². The number of nitrogens with zero attached hydrogens (tertiary/aromatic N) is 2. The molecule has 1 heterocycles. The summed E-state index contributed by atoms with van der Waals surface area (Å²) in [6, 6.07) is 0. The summed E-state index contributed by atoms with van der Waals surface area (Å²) < 4.78 is 0. The predicted octanol–water partition coefficient (Wildman–Crippen LogP) is 3.74. The van der Waals surface area contributed by atoms with E-state index in [9.17, 15) is 0 Å². The molecular formula is C13H18N2. The molecule has 0 aliphatic rings. The minimum absolute atomic E-state index is 0.877. The van der Waals surface area contributed by atoms with Gasteiger partial charge in [0.1, 0.15) is 6.33 Å². The Morgan fingerprint density at radius 1 is 1.33 bits per heavy atom. The third-order valence-corrected chi connectivity index (χ3v) is 1.68. The average Bonchev–Trinajstić information content (AvgIpc) is 2.32. The molecule has 0 atom stereocenters. The van der Waals surface area contributed by atoms with Gasteiger partial charge in [-0.2, -0.15) is 0 Å². The predicted molar refractivity (Wildman–Crippen MR) is 67.3 cm³/mol. The maximum Gasteiger partial charge on any atom is 0.116 e. The summed E-state index contributed by atoms with van der Waals surface area (Å²) in [5.41, 5.74) is 2.88. The van der Waals surface area contributed by atoms with E-state index in [-0.39, 0.29) is 0 Å². The summed E-state index contributed by atoms with van der Waals surface area (Å²) in [5, 5.41) is 0. The fraction of sp³-hybridized carbons (Fsp3) is 0.231. The first-order valence-electron chi connectivity index (χ1n) is 5.01. The molecule has 1 rings (SSSR count). The highest BCUT2D eigenvalue weighted by atomic mass is 14.8. The first kappa shape index (κ1) is 13.3. The van der Waals surface area contributed by atoms with Gasteiger partial charge in [0, 0.05) is 11.8 Å². The number of hydrogen-bond acceptors (Lipinski definition) is 2. The molecule has 0 fully saturated rings. The quantitative estimate of drug-likeness (QED) is 0.698. The standard InChI is InChI=1S/C11H12N2.C2H6/c1-4-9(3)6-11-10(5-2)7-12-8-13-11;1-2/h4-8H,1-2H2,3H3;1-2H3/b9-6-;. The Kier molecular flexibility index (Phi) is 6.81. The molecule has 0 radical (unpaired) electrons. The smallest absolute Gasteiger partial charge is 0.116 e. The summed E-state index contributed by atoms with van der Waals surface area (Å²) in [5.74, 6) is 0. The van der Waals surface area contributed by atoms with Crippen molar-refractivity contribution in [1.82, 2.24) is 9.97 Å². The van der Waals surface area contributed by atoms with E-state index in [2.05, 4.69) is 23.1 Å². The minimum Gasteiger partial charge on any atom is -0.244 e. The molecule has 0 saturated carbocycles. The summed E-state index contributed by atoms with van der Waals surface area (Å²) in [6.07, 6.45) is 8.74. The summed E-state index contributed by atoms with van der Waals surface area (Å²) >= 11 is 0. The van der Waals surface area contributed by atoms with Gasteiger partial charge in [0.15, 0.2) is 0 Å². The van der Waals surface area contributed by atoms with Crippen molar-refractivity contribution in [3.05, 3.63) is 48.6 Å². The molecular weight excluding hydrogens is 184 g/mol. The lowest BCUT2D eigenvalue weighted by molar-refractivity contribution is 1.14. The van der Waals surface area contributed by atoms with Crippen molar-refractivity contribution in [1.29, 1.82) is 0 Å². The molecule has 0 unspecified atom stereocenters. The first-order chi connectivity index (χ1) is 7.27. The number of aromatic nitrogens is 2. The Morgan fingerprint density at radius 3 is 2.53 bits per heavy atom. The van der Waals surface area contributed by atoms with Crippen LogP contribution in [0.15, 0.2) is 37.3 Å². The molecule has 1 aromatic rings. The van der Waals surface area contributed by atoms with Gasteiger partial charge in [0.05, 0.1) is 5.69 Å². The molecule has 0 N–H and O–H groups in total. The average molecular weight is 202 g/mol. The molecule has 0 aromatic carbocycles. The SMILES string of the molecule is C=C/C(C)=C\c1ncncc1C=C.CC. The van der Waals surface area contributed by atoms with Gasteiger partial charge in [-0.1, -0.05) is 39.2 Å². The van der Waals surface area contributed by atoms with Crippen LogP contribution in [-0.4, -0.2) is 9.97 Å². The summed E-state index contributed by atoms with van der Waals surface area (Å²) in [4.78, 5) is 8.04. The maximum absolute atomic E-state index is 4.13. The van der Waals surface area contributed by atoms with Crippen molar-refractivity contribution >= 4 is 12.2 Å². The van der Waals surface area contributed by atoms with E-state index in [4.69, 9.17) is 0 Å². The van der Waals surface area contributed by atoms with Crippen LogP contribution in [0.1, 0.15) is 32.0 Å². The highest BCUT2D eigenvalue weighted by molar-refractivity contribution is 5.62. The maximum atomic E-state index is 4.13. The summed E-state index contributed by atoms with van der Waals surface area (Å²) in [6.45, 7) is 13.3. The van der Waals surface area contributed by atoms with Crippen molar-refractivity contribution in [3.63, 3.8) is 0 Å². The van der Waals surface area contributed by atoms with Crippen LogP contribution in [0.4, 0.5) is 0 Å². The van der Waals surface area contributed by atoms with E-state index in [0.29, 0.717) is 0 Å². The first-order valence-corrected chi connectivity index (χ1v) is 5.01. The third kappa shape index (κ3) is 4.36. The molecule has 0 spiro atoms. The Labute approximate surface area is 92.1 Å². The van der Waals surface area contributed by atoms with Crippen LogP contribution in [0, 0.1) is 0 Å². The van der Waals surface area contributed by atoms with Crippen LogP contribution in [0.25, 0.3) is 12.2 Å². The monoisotopic (exact) mass is 202 g/mol. The topological polar surface area (TPSA) is 25.8 Å². The van der Waals surface area contributed by atoms with Gasteiger partial charge < -0.3 is 0 Å². The molecule has 0 aliphatic heterocycles. The Hall–Kier alpha value is -1.70. The Morgan fingerprint density at radius 2 is 2.00 bits per heavy atom. The number of rotatable bonds is 3. The fourth-order valence-corrected chi connectivity index (χ4v) is 0.902. The van der Waals surface area contributed by atoms with Crippen LogP contribution in [0.3, 0.4) is 0 Å². The molecule has 2 heteroatoms. The van der Waals surface area contributed by atoms with Crippen molar-refractivity contribution < 1.29 is 0 Å². The number of hydrogen-bond donors (Lipinski definition) is 0. The van der Waals surface area contributed by atoms with Gasteiger partial charge in [-0.25, -0.2) is 9.97 Å². The second-order valence-electron chi connectivity index (χ2n) is 2.66. The minimum atomic E-state index is 0.877. The third-order valence-electron chi connectivity index (χ3n) is 1.68. The number of allylic oxidation sites excluding steroid dienone is 2. The lowest BCUT2D eigenvalue weighted by atomic mass is 10.1. The lowest BCUT2D eigenvalue weighted by Gasteiger charge is -1.98. The Bertz CT molecular complexity index is 351. The Balaban J connectivity index is 0.000000921. The normalized spacial score (nSPS) is 9.93. The van der Waals surface area contributed by atoms with E-state index in [1.165, 1.54) is 6.33 Å². The van der Waals surface area contributed by atoms with Crippen LogP contribution in [0.5, 0.6) is 0 Å². The van der Waals surface area contributed by atoms with Crippen LogP contribution < -0.4 is 0 Å². The molecule has 0 saturated heterocycles. The molecule has 80 valence electrons. The van der Waals surface area contributed by atoms with Gasteiger partial charge in [-0.05, 0) is 18.6 Å². The molecule has 0 bridgehead atoms. The van der Waals surface area contributed by atoms with Crippen molar-refractivity contribution in [2.75, 3.05) is 0 Å². The van der Waals surface area contributed by atoms with E-state index < -0.39 is 0 Å². The van der Waals surface area contributed by atoms with E-state index in [1.54, 1.807) is 18.3 Å². The van der Waals surface area contributed by atoms with Crippen LogP contribution in [0.2, 0.25) is 0 Å². The van der Waals surface area contributed by atoms with Gasteiger partial charge >= 0.3 is 0 Å². The highest BCUT2D eigenvalue weighted by Gasteiger charge is 1.95. The van der Waals surface area contributed by atoms with Crippen molar-refractivity contribution in [2.45, 2.75) is 20.8 Å². The highest BCUT2D eigenvalue weighted by Crippen LogP contribution is 2.10. The molecule has 15 heavy (non-hydrogen) atoms. The zero-order valence-corrected chi connectivity index (χ0v) is 9.70. The molecule has 0 aliphatic carbocycles. The van der Waals surface area contributed by atoms with Gasteiger partial charge in [0.25, 0.3) is 0 Å². The summed E-state index contributed by atoms with van der Waals surface area (Å²) in [7, 11) is 0. The molecule has 1 aromatic heterocycles. The van der Waals surface area contributed by atoms with E-state index in [1.807, 2.05) is 26.8 Å². The van der Waals surface area contributed by atoms with Crippen molar-refractivity contribution in [2.24, 2.45) is 0 Å². The van der Waals surface area contributed by atoms with Gasteiger partial charge in [-0.3, -0.25) is 0 Å². The second kappa shape index (κ2) is 7.68. The van der Waals surface area contributed by atoms with Crippen LogP contribution >= 0.6 is 0 Å². The lowest BCUT2D eigenvalue weighted by Crippen LogP contribution is -1.88. The second-order valence-corrected chi connectivity index (χ2v) is 2.66. The zero-order chi connectivity index (χ0) is 11.7. The van der Waals surface area contributed by atoms with E-state index in [0.717, 1.165) is 16.8 Å². The zero-order valence-electron chi connectivity index (χ0n) is 9.70. The molecule has 2 nitrogen and oxygen atoms in total. The van der Waals surface area contributed by atoms with E-state index >= 15 is 0 Å².